The first-order chi connectivity index (χ1) is 8.92. The number of hydrogen-bond donors (Lipinski definition) is 3. The van der Waals surface area contributed by atoms with Crippen molar-refractivity contribution in [1.29, 1.82) is 0 Å². The van der Waals surface area contributed by atoms with Gasteiger partial charge in [-0.25, -0.2) is 8.42 Å². The fourth-order valence-corrected chi connectivity index (χ4v) is 2.01. The van der Waals surface area contributed by atoms with Crippen molar-refractivity contribution in [3.05, 3.63) is 29.8 Å². The number of unbranched alkanes of at least 4 members (excludes halogenated alkanes) is 1. The van der Waals surface area contributed by atoms with Gasteiger partial charge in [-0.3, -0.25) is 9.52 Å². The molecule has 1 rings (SSSR count). The molecule has 0 aliphatic rings. The number of amides is 1. The molecule has 0 saturated heterocycles. The number of nitrogens with one attached hydrogen (secondary N) is 2. The zero-order chi connectivity index (χ0) is 14.3. The van der Waals surface area contributed by atoms with Crippen molar-refractivity contribution in [3.63, 3.8) is 0 Å². The maximum Gasteiger partial charge on any atom is 0.251 e. The summed E-state index contributed by atoms with van der Waals surface area (Å²) in [5, 5.41) is 11.3. The first-order valence-corrected chi connectivity index (χ1v) is 7.78. The van der Waals surface area contributed by atoms with Crippen molar-refractivity contribution < 1.29 is 18.3 Å². The minimum Gasteiger partial charge on any atom is -0.396 e. The van der Waals surface area contributed by atoms with Crippen LogP contribution < -0.4 is 10.0 Å². The number of hydrogen-bond acceptors (Lipinski definition) is 4. The zero-order valence-electron chi connectivity index (χ0n) is 10.7. The summed E-state index contributed by atoms with van der Waals surface area (Å²) < 4.78 is 24.3. The van der Waals surface area contributed by atoms with E-state index < -0.39 is 10.0 Å². The highest BCUT2D eigenvalue weighted by atomic mass is 32.2. The van der Waals surface area contributed by atoms with Crippen molar-refractivity contribution in [1.82, 2.24) is 5.32 Å². The maximum absolute atomic E-state index is 11.7. The van der Waals surface area contributed by atoms with Crippen LogP contribution in [0.1, 0.15) is 23.2 Å². The van der Waals surface area contributed by atoms with Gasteiger partial charge in [0.1, 0.15) is 0 Å². The zero-order valence-corrected chi connectivity index (χ0v) is 11.5. The summed E-state index contributed by atoms with van der Waals surface area (Å²) in [4.78, 5) is 11.7. The van der Waals surface area contributed by atoms with Gasteiger partial charge in [0.05, 0.1) is 6.26 Å². The summed E-state index contributed by atoms with van der Waals surface area (Å²) in [5.41, 5.74) is 0.877. The van der Waals surface area contributed by atoms with Gasteiger partial charge in [0.2, 0.25) is 10.0 Å². The van der Waals surface area contributed by atoms with Crippen molar-refractivity contribution in [2.45, 2.75) is 12.8 Å². The highest BCUT2D eigenvalue weighted by Gasteiger charge is 2.06. The van der Waals surface area contributed by atoms with E-state index in [1.165, 1.54) is 12.1 Å². The maximum atomic E-state index is 11.7. The monoisotopic (exact) mass is 286 g/mol. The third kappa shape index (κ3) is 6.21. The molecule has 0 atom stereocenters. The molecule has 1 aromatic rings. The smallest absolute Gasteiger partial charge is 0.251 e. The Hall–Kier alpha value is -1.60. The molecule has 106 valence electrons. The summed E-state index contributed by atoms with van der Waals surface area (Å²) >= 11 is 0. The molecule has 0 radical (unpaired) electrons. The van der Waals surface area contributed by atoms with Crippen LogP contribution in [0.25, 0.3) is 0 Å². The van der Waals surface area contributed by atoms with E-state index >= 15 is 0 Å². The lowest BCUT2D eigenvalue weighted by molar-refractivity contribution is 0.0952. The summed E-state index contributed by atoms with van der Waals surface area (Å²) in [7, 11) is -3.31. The van der Waals surface area contributed by atoms with Crippen LogP contribution in [-0.2, 0) is 10.0 Å². The third-order valence-electron chi connectivity index (χ3n) is 2.32. The Balaban J connectivity index is 2.53. The van der Waals surface area contributed by atoms with Gasteiger partial charge < -0.3 is 10.4 Å². The highest BCUT2D eigenvalue weighted by Crippen LogP contribution is 2.10. The first kappa shape index (κ1) is 15.5. The first-order valence-electron chi connectivity index (χ1n) is 5.89. The second kappa shape index (κ2) is 7.10. The molecule has 3 N–H and O–H groups in total. The van der Waals surface area contributed by atoms with E-state index in [0.29, 0.717) is 24.2 Å². The molecule has 0 spiro atoms. The lowest BCUT2D eigenvalue weighted by Crippen LogP contribution is -2.24. The molecule has 0 unspecified atom stereocenters. The number of carbonyl (C=O) groups is 1. The molecule has 19 heavy (non-hydrogen) atoms. The minimum absolute atomic E-state index is 0.113. The Kier molecular flexibility index (Phi) is 5.78. The van der Waals surface area contributed by atoms with Gasteiger partial charge in [-0.1, -0.05) is 0 Å². The Labute approximate surface area is 112 Å². The number of aliphatic hydroxyl groups excluding tert-OH is 1. The normalized spacial score (nSPS) is 11.1. The van der Waals surface area contributed by atoms with Crippen molar-refractivity contribution in [2.24, 2.45) is 0 Å². The summed E-state index contributed by atoms with van der Waals surface area (Å²) in [6.45, 7) is 0.616. The number of benzene rings is 1. The fraction of sp³-hybridized carbons (Fsp3) is 0.417. The highest BCUT2D eigenvalue weighted by molar-refractivity contribution is 7.92. The van der Waals surface area contributed by atoms with Gasteiger partial charge in [0.25, 0.3) is 5.91 Å². The van der Waals surface area contributed by atoms with Gasteiger partial charge in [-0.05, 0) is 37.1 Å². The van der Waals surface area contributed by atoms with Gasteiger partial charge in [-0.2, -0.15) is 0 Å². The Morgan fingerprint density at radius 3 is 2.37 bits per heavy atom. The number of sulfonamides is 1. The Bertz CT molecular complexity index is 511. The van der Waals surface area contributed by atoms with Crippen molar-refractivity contribution in [2.75, 3.05) is 24.1 Å². The number of aliphatic hydroxyl groups is 1. The standard InChI is InChI=1S/C12H18N2O4S/c1-19(17,18)14-11-6-4-10(5-7-11)12(16)13-8-2-3-9-15/h4-7,14-15H,2-3,8-9H2,1H3,(H,13,16). The predicted octanol–water partition coefficient (Wildman–Crippen LogP) is 0.560. The average Bonchev–Trinajstić information content (AvgIpc) is 2.33. The van der Waals surface area contributed by atoms with E-state index in [4.69, 9.17) is 5.11 Å². The van der Waals surface area contributed by atoms with Crippen LogP contribution >= 0.6 is 0 Å². The molecule has 0 fully saturated rings. The van der Waals surface area contributed by atoms with Gasteiger partial charge in [-0.15, -0.1) is 0 Å². The van der Waals surface area contributed by atoms with Crippen LogP contribution in [0, 0.1) is 0 Å². The molecule has 1 aromatic carbocycles. The fourth-order valence-electron chi connectivity index (χ4n) is 1.44. The van der Waals surface area contributed by atoms with Crippen LogP contribution in [0.3, 0.4) is 0 Å². The molecule has 7 heteroatoms. The molecule has 0 bridgehead atoms. The molecule has 1 amide bonds. The van der Waals surface area contributed by atoms with Crippen LogP contribution in [0.2, 0.25) is 0 Å². The molecule has 0 saturated carbocycles. The van der Waals surface area contributed by atoms with Gasteiger partial charge >= 0.3 is 0 Å². The van der Waals surface area contributed by atoms with Gasteiger partial charge in [0.15, 0.2) is 0 Å². The van der Waals surface area contributed by atoms with Crippen LogP contribution in [0.5, 0.6) is 0 Å². The topological polar surface area (TPSA) is 95.5 Å². The van der Waals surface area contributed by atoms with E-state index in [9.17, 15) is 13.2 Å². The molecular weight excluding hydrogens is 268 g/mol. The summed E-state index contributed by atoms with van der Waals surface area (Å²) in [6.07, 6.45) is 2.43. The largest absolute Gasteiger partial charge is 0.396 e. The van der Waals surface area contributed by atoms with E-state index in [-0.39, 0.29) is 12.5 Å². The van der Waals surface area contributed by atoms with E-state index in [1.807, 2.05) is 0 Å². The van der Waals surface area contributed by atoms with E-state index in [0.717, 1.165) is 12.7 Å². The van der Waals surface area contributed by atoms with Gasteiger partial charge in [0, 0.05) is 24.4 Å². The number of rotatable bonds is 7. The molecule has 6 nitrogen and oxygen atoms in total. The number of anilines is 1. The van der Waals surface area contributed by atoms with Crippen molar-refractivity contribution in [3.8, 4) is 0 Å². The third-order valence-corrected chi connectivity index (χ3v) is 2.93. The molecule has 0 aromatic heterocycles. The van der Waals surface area contributed by atoms with E-state index in [2.05, 4.69) is 10.0 Å². The predicted molar refractivity (Wildman–Crippen MR) is 73.6 cm³/mol. The van der Waals surface area contributed by atoms with Crippen LogP contribution in [0.4, 0.5) is 5.69 Å². The minimum atomic E-state index is -3.31. The second-order valence-electron chi connectivity index (χ2n) is 4.14. The lowest BCUT2D eigenvalue weighted by Gasteiger charge is -2.06. The Morgan fingerprint density at radius 2 is 1.84 bits per heavy atom. The molecule has 0 aliphatic carbocycles. The molecule has 0 heterocycles. The molecular formula is C12H18N2O4S. The summed E-state index contributed by atoms with van der Waals surface area (Å²) in [5.74, 6) is -0.219. The average molecular weight is 286 g/mol. The number of carbonyl (C=O) groups excluding carboxylic acids is 1. The Morgan fingerprint density at radius 1 is 1.21 bits per heavy atom. The lowest BCUT2D eigenvalue weighted by atomic mass is 10.2. The second-order valence-corrected chi connectivity index (χ2v) is 5.89. The SMILES string of the molecule is CS(=O)(=O)Nc1ccc(C(=O)NCCCCO)cc1. The van der Waals surface area contributed by atoms with Crippen LogP contribution in [0.15, 0.2) is 24.3 Å². The summed E-state index contributed by atoms with van der Waals surface area (Å²) in [6, 6.07) is 6.16. The van der Waals surface area contributed by atoms with Crippen LogP contribution in [-0.4, -0.2) is 38.8 Å². The van der Waals surface area contributed by atoms with Crippen molar-refractivity contribution >= 4 is 21.6 Å². The quantitative estimate of drug-likeness (QED) is 0.638. The van der Waals surface area contributed by atoms with E-state index in [1.54, 1.807) is 12.1 Å². The molecule has 0 aliphatic heterocycles.